The van der Waals surface area contributed by atoms with Crippen LogP contribution in [0.4, 0.5) is 17.6 Å². The molecule has 170 valence electrons. The number of benzene rings is 1. The second-order valence-corrected chi connectivity index (χ2v) is 9.20. The minimum Gasteiger partial charge on any atom is -0.432 e. The highest BCUT2D eigenvalue weighted by Gasteiger charge is 2.43. The highest BCUT2D eigenvalue weighted by Crippen LogP contribution is 2.30. The normalized spacial score (nSPS) is 13.7. The minimum absolute atomic E-state index is 0.0692. The number of ether oxygens (including phenoxy) is 1. The molecule has 0 saturated carbocycles. The summed E-state index contributed by atoms with van der Waals surface area (Å²) in [7, 11) is -3.98. The molecule has 2 rings (SSSR count). The van der Waals surface area contributed by atoms with E-state index in [0.717, 1.165) is 42.1 Å². The first-order valence-electron chi connectivity index (χ1n) is 8.59. The second-order valence-electron chi connectivity index (χ2n) is 6.76. The molecule has 1 atom stereocenters. The summed E-state index contributed by atoms with van der Waals surface area (Å²) in [6.45, 7) is -2.53. The SMILES string of the molecule is C[C@@](CCn1ccc(-c2ccc(OC(F)F)c(F)c2F)cc1=O)(C(=O)NO)S(C)(=O)=O. The number of sulfone groups is 1. The van der Waals surface area contributed by atoms with Crippen molar-refractivity contribution in [2.75, 3.05) is 6.26 Å². The Morgan fingerprint density at radius 2 is 1.90 bits per heavy atom. The standard InChI is InChI=1S/C18H18F4N2O6S/c1-18(16(26)23-27,31(2,28)29)6-8-24-7-5-10(9-13(24)25)11-3-4-12(30-17(21)22)15(20)14(11)19/h3-5,7,9,17,27H,6,8H2,1-2H3,(H,23,26)/t18-/m1/s1. The topological polar surface area (TPSA) is 115 Å². The third-order valence-corrected chi connectivity index (χ3v) is 6.83. The summed E-state index contributed by atoms with van der Waals surface area (Å²) in [6.07, 6.45) is 1.59. The molecule has 0 aliphatic heterocycles. The maximum Gasteiger partial charge on any atom is 0.387 e. The minimum atomic E-state index is -3.98. The molecule has 1 amide bonds. The molecule has 0 unspecified atom stereocenters. The van der Waals surface area contributed by atoms with Gasteiger partial charge in [-0.3, -0.25) is 14.8 Å². The number of nitrogens with zero attached hydrogens (tertiary/aromatic N) is 1. The molecule has 2 aromatic rings. The van der Waals surface area contributed by atoms with Crippen molar-refractivity contribution in [3.8, 4) is 16.9 Å². The number of hydrogen-bond acceptors (Lipinski definition) is 6. The number of aromatic nitrogens is 1. The van der Waals surface area contributed by atoms with Crippen LogP contribution >= 0.6 is 0 Å². The molecule has 0 bridgehead atoms. The van der Waals surface area contributed by atoms with Crippen LogP contribution in [0.1, 0.15) is 13.3 Å². The predicted octanol–water partition coefficient (Wildman–Crippen LogP) is 2.09. The Labute approximate surface area is 173 Å². The van der Waals surface area contributed by atoms with E-state index in [1.807, 2.05) is 0 Å². The average Bonchev–Trinajstić information content (AvgIpc) is 2.68. The van der Waals surface area contributed by atoms with Gasteiger partial charge in [-0.25, -0.2) is 18.3 Å². The summed E-state index contributed by atoms with van der Waals surface area (Å²) >= 11 is 0. The van der Waals surface area contributed by atoms with Crippen LogP contribution in [-0.4, -0.2) is 41.7 Å². The van der Waals surface area contributed by atoms with Gasteiger partial charge in [-0.05, 0) is 37.1 Å². The van der Waals surface area contributed by atoms with Gasteiger partial charge in [0.2, 0.25) is 5.82 Å². The first-order chi connectivity index (χ1) is 14.3. The monoisotopic (exact) mass is 466 g/mol. The quantitative estimate of drug-likeness (QED) is 0.350. The van der Waals surface area contributed by atoms with Gasteiger partial charge >= 0.3 is 6.61 Å². The lowest BCUT2D eigenvalue weighted by Crippen LogP contribution is -2.49. The maximum absolute atomic E-state index is 14.3. The van der Waals surface area contributed by atoms with Crippen LogP contribution in [0.15, 0.2) is 35.3 Å². The summed E-state index contributed by atoms with van der Waals surface area (Å²) in [5, 5.41) is 8.81. The molecule has 1 aromatic heterocycles. The number of aryl methyl sites for hydroxylation is 1. The van der Waals surface area contributed by atoms with Crippen LogP contribution in [0, 0.1) is 11.6 Å². The Hall–Kier alpha value is -2.93. The molecule has 0 aliphatic rings. The van der Waals surface area contributed by atoms with Crippen molar-refractivity contribution < 1.29 is 40.7 Å². The molecule has 1 heterocycles. The van der Waals surface area contributed by atoms with E-state index in [1.54, 1.807) is 0 Å². The lowest BCUT2D eigenvalue weighted by molar-refractivity contribution is -0.131. The van der Waals surface area contributed by atoms with Gasteiger partial charge in [0, 0.05) is 30.6 Å². The molecule has 0 saturated heterocycles. The Kier molecular flexibility index (Phi) is 7.11. The molecule has 1 aromatic carbocycles. The molecule has 13 heteroatoms. The second kappa shape index (κ2) is 9.06. The summed E-state index contributed by atoms with van der Waals surface area (Å²) in [5.74, 6) is -5.32. The van der Waals surface area contributed by atoms with E-state index in [4.69, 9.17) is 5.21 Å². The first-order valence-corrected chi connectivity index (χ1v) is 10.5. The van der Waals surface area contributed by atoms with Crippen LogP contribution in [0.3, 0.4) is 0 Å². The van der Waals surface area contributed by atoms with Crippen molar-refractivity contribution in [1.82, 2.24) is 10.0 Å². The number of rotatable bonds is 8. The first kappa shape index (κ1) is 24.3. The largest absolute Gasteiger partial charge is 0.432 e. The number of alkyl halides is 2. The molecule has 0 fully saturated rings. The van der Waals surface area contributed by atoms with Gasteiger partial charge in [-0.2, -0.15) is 13.2 Å². The number of carbonyl (C=O) groups excluding carboxylic acids is 1. The van der Waals surface area contributed by atoms with Crippen molar-refractivity contribution in [3.05, 3.63) is 52.5 Å². The van der Waals surface area contributed by atoms with E-state index in [2.05, 4.69) is 4.74 Å². The highest BCUT2D eigenvalue weighted by atomic mass is 32.2. The average molecular weight is 466 g/mol. The number of halogens is 4. The molecule has 0 aliphatic carbocycles. The van der Waals surface area contributed by atoms with Crippen molar-refractivity contribution in [2.24, 2.45) is 0 Å². The van der Waals surface area contributed by atoms with Gasteiger partial charge in [-0.1, -0.05) is 0 Å². The zero-order chi connectivity index (χ0) is 23.6. The fourth-order valence-electron chi connectivity index (χ4n) is 2.72. The van der Waals surface area contributed by atoms with E-state index in [9.17, 15) is 35.6 Å². The van der Waals surface area contributed by atoms with E-state index in [-0.39, 0.29) is 24.1 Å². The third-order valence-electron chi connectivity index (χ3n) is 4.80. The molecule has 0 radical (unpaired) electrons. The summed E-state index contributed by atoms with van der Waals surface area (Å²) in [6, 6.07) is 3.89. The van der Waals surface area contributed by atoms with Crippen molar-refractivity contribution in [3.63, 3.8) is 0 Å². The molecule has 0 spiro atoms. The Morgan fingerprint density at radius 3 is 2.42 bits per heavy atom. The highest BCUT2D eigenvalue weighted by molar-refractivity contribution is 7.92. The van der Waals surface area contributed by atoms with Gasteiger partial charge in [-0.15, -0.1) is 0 Å². The van der Waals surface area contributed by atoms with Crippen molar-refractivity contribution >= 4 is 15.7 Å². The van der Waals surface area contributed by atoms with Crippen molar-refractivity contribution in [2.45, 2.75) is 31.2 Å². The Morgan fingerprint density at radius 1 is 1.26 bits per heavy atom. The van der Waals surface area contributed by atoms with Gasteiger partial charge in [0.1, 0.15) is 0 Å². The predicted molar refractivity (Wildman–Crippen MR) is 100 cm³/mol. The fourth-order valence-corrected chi connectivity index (χ4v) is 3.57. The van der Waals surface area contributed by atoms with Gasteiger partial charge < -0.3 is 9.30 Å². The van der Waals surface area contributed by atoms with Gasteiger partial charge in [0.25, 0.3) is 11.5 Å². The number of carbonyl (C=O) groups is 1. The molecule has 2 N–H and O–H groups in total. The number of hydroxylamine groups is 1. The van der Waals surface area contributed by atoms with Gasteiger partial charge in [0.15, 0.2) is 26.2 Å². The third kappa shape index (κ3) is 5.05. The van der Waals surface area contributed by atoms with E-state index in [1.165, 1.54) is 11.5 Å². The van der Waals surface area contributed by atoms with Crippen LogP contribution < -0.4 is 15.8 Å². The van der Waals surface area contributed by atoms with Crippen LogP contribution in [0.5, 0.6) is 5.75 Å². The Balaban J connectivity index is 2.34. The number of hydrogen-bond donors (Lipinski definition) is 2. The summed E-state index contributed by atoms with van der Waals surface area (Å²) < 4.78 is 79.4. The fraction of sp³-hybridized carbons (Fsp3) is 0.333. The summed E-state index contributed by atoms with van der Waals surface area (Å²) in [5.41, 5.74) is 0.0961. The van der Waals surface area contributed by atoms with Crippen LogP contribution in [-0.2, 0) is 21.2 Å². The van der Waals surface area contributed by atoms with Gasteiger partial charge in [0.05, 0.1) is 0 Å². The smallest absolute Gasteiger partial charge is 0.387 e. The number of nitrogens with one attached hydrogen (secondary N) is 1. The lowest BCUT2D eigenvalue weighted by atomic mass is 10.0. The van der Waals surface area contributed by atoms with Crippen LogP contribution in [0.25, 0.3) is 11.1 Å². The van der Waals surface area contributed by atoms with Crippen LogP contribution in [0.2, 0.25) is 0 Å². The lowest BCUT2D eigenvalue weighted by Gasteiger charge is -2.25. The number of pyridine rings is 1. The van der Waals surface area contributed by atoms with E-state index in [0.29, 0.717) is 0 Å². The molecule has 31 heavy (non-hydrogen) atoms. The van der Waals surface area contributed by atoms with E-state index >= 15 is 0 Å². The van der Waals surface area contributed by atoms with E-state index < -0.39 is 50.0 Å². The number of amides is 1. The van der Waals surface area contributed by atoms with Crippen molar-refractivity contribution in [1.29, 1.82) is 0 Å². The molecule has 8 nitrogen and oxygen atoms in total. The zero-order valence-corrected chi connectivity index (χ0v) is 17.1. The molecular formula is C18H18F4N2O6S. The molecular weight excluding hydrogens is 448 g/mol. The summed E-state index contributed by atoms with van der Waals surface area (Å²) in [4.78, 5) is 24.2. The zero-order valence-electron chi connectivity index (χ0n) is 16.2. The maximum atomic E-state index is 14.3. The Bertz CT molecular complexity index is 1150.